The van der Waals surface area contributed by atoms with Gasteiger partial charge >= 0.3 is 0 Å². The van der Waals surface area contributed by atoms with E-state index in [0.717, 1.165) is 18.1 Å². The van der Waals surface area contributed by atoms with Gasteiger partial charge in [0.05, 0.1) is 18.3 Å². The van der Waals surface area contributed by atoms with Crippen LogP contribution in [0, 0.1) is 5.92 Å². The van der Waals surface area contributed by atoms with E-state index in [4.69, 9.17) is 0 Å². The summed E-state index contributed by atoms with van der Waals surface area (Å²) < 4.78 is 37.7. The summed E-state index contributed by atoms with van der Waals surface area (Å²) in [6, 6.07) is 4.86. The molecule has 0 bridgehead atoms. The lowest BCUT2D eigenvalue weighted by Gasteiger charge is -2.18. The highest BCUT2D eigenvalue weighted by Gasteiger charge is 2.25. The van der Waals surface area contributed by atoms with E-state index in [1.54, 1.807) is 17.1 Å². The molecule has 0 aliphatic carbocycles. The highest BCUT2D eigenvalue weighted by Crippen LogP contribution is 2.23. The number of nitrogens with one attached hydrogen (secondary N) is 1. The van der Waals surface area contributed by atoms with Gasteiger partial charge in [0, 0.05) is 18.7 Å². The smallest absolute Gasteiger partial charge is 0.287 e. The minimum Gasteiger partial charge on any atom is -0.354 e. The van der Waals surface area contributed by atoms with Crippen LogP contribution in [-0.4, -0.2) is 47.4 Å². The van der Waals surface area contributed by atoms with Crippen molar-refractivity contribution in [2.45, 2.75) is 25.2 Å². The third-order valence-corrected chi connectivity index (χ3v) is 5.50. The average Bonchev–Trinajstić information content (AvgIpc) is 3.22. The van der Waals surface area contributed by atoms with Gasteiger partial charge in [-0.15, -0.1) is 4.40 Å². The Labute approximate surface area is 144 Å². The summed E-state index contributed by atoms with van der Waals surface area (Å²) in [7, 11) is -3.93. The summed E-state index contributed by atoms with van der Waals surface area (Å²) in [4.78, 5) is 0.0550. The maximum atomic E-state index is 12.8. The van der Waals surface area contributed by atoms with Crippen molar-refractivity contribution in [2.75, 3.05) is 13.1 Å². The minimum absolute atomic E-state index is 0.0550. The minimum atomic E-state index is -3.93. The Morgan fingerprint density at radius 3 is 2.96 bits per heavy atom. The van der Waals surface area contributed by atoms with Crippen LogP contribution < -0.4 is 5.32 Å². The van der Waals surface area contributed by atoms with Crippen molar-refractivity contribution in [1.29, 1.82) is 0 Å². The molecule has 1 aromatic heterocycles. The Bertz CT molecular complexity index is 890. The highest BCUT2D eigenvalue weighted by molar-refractivity contribution is 7.90. The first-order valence-corrected chi connectivity index (χ1v) is 9.84. The number of benzene rings is 1. The monoisotopic (exact) mass is 366 g/mol. The zero-order chi connectivity index (χ0) is 17.2. The van der Waals surface area contributed by atoms with Gasteiger partial charge in [-0.2, -0.15) is 22.3 Å². The molecule has 128 valence electrons. The van der Waals surface area contributed by atoms with Gasteiger partial charge in [0.25, 0.3) is 10.0 Å². The molecule has 0 saturated carbocycles. The summed E-state index contributed by atoms with van der Waals surface area (Å²) in [6.45, 7) is 5.10. The number of hydrazone groups is 1. The van der Waals surface area contributed by atoms with Crippen LogP contribution in [0.1, 0.15) is 20.3 Å². The Kier molecular flexibility index (Phi) is 4.76. The van der Waals surface area contributed by atoms with Gasteiger partial charge in [-0.25, -0.2) is 5.01 Å². The number of hydrogen-bond donors (Lipinski definition) is 1. The molecule has 1 unspecified atom stereocenters. The Hall–Kier alpha value is -2.07. The molecule has 0 radical (unpaired) electrons. The first-order chi connectivity index (χ1) is 11.5. The van der Waals surface area contributed by atoms with Crippen LogP contribution >= 0.6 is 11.7 Å². The number of nitrogens with zero attached hydrogens (tertiary/aromatic N) is 5. The molecule has 0 spiro atoms. The molecular weight excluding hydrogens is 348 g/mol. The quantitative estimate of drug-likeness (QED) is 0.653. The topological polar surface area (TPSA) is 99.9 Å². The molecule has 0 amide bonds. The first kappa shape index (κ1) is 16.8. The first-order valence-electron chi connectivity index (χ1n) is 7.67. The van der Waals surface area contributed by atoms with Crippen molar-refractivity contribution in [2.24, 2.45) is 15.4 Å². The predicted octanol–water partition coefficient (Wildman–Crippen LogP) is 1.67. The van der Waals surface area contributed by atoms with Crippen molar-refractivity contribution in [3.8, 4) is 0 Å². The van der Waals surface area contributed by atoms with Crippen LogP contribution in [0.3, 0.4) is 0 Å². The Balaban J connectivity index is 1.99. The van der Waals surface area contributed by atoms with Crippen LogP contribution in [-0.2, 0) is 10.0 Å². The molecule has 3 rings (SSSR count). The average molecular weight is 366 g/mol. The van der Waals surface area contributed by atoms with Crippen LogP contribution in [0.2, 0.25) is 0 Å². The third-order valence-electron chi connectivity index (χ3n) is 3.66. The van der Waals surface area contributed by atoms with Gasteiger partial charge in [-0.1, -0.05) is 13.0 Å². The molecule has 10 heteroatoms. The molecule has 8 nitrogen and oxygen atoms in total. The number of rotatable bonds is 4. The molecule has 1 aromatic carbocycles. The van der Waals surface area contributed by atoms with E-state index in [2.05, 4.69) is 30.5 Å². The summed E-state index contributed by atoms with van der Waals surface area (Å²) in [5.41, 5.74) is 0.893. The lowest BCUT2D eigenvalue weighted by molar-refractivity contribution is 0.426. The zero-order valence-electron chi connectivity index (χ0n) is 13.4. The second kappa shape index (κ2) is 6.81. The lowest BCUT2D eigenvalue weighted by Crippen LogP contribution is -2.38. The van der Waals surface area contributed by atoms with E-state index in [9.17, 15) is 8.42 Å². The molecule has 24 heavy (non-hydrogen) atoms. The molecular formula is C14H18N6O2S2. The zero-order valence-corrected chi connectivity index (χ0v) is 15.0. The van der Waals surface area contributed by atoms with E-state index >= 15 is 0 Å². The molecule has 2 heterocycles. The van der Waals surface area contributed by atoms with Gasteiger partial charge in [0.15, 0.2) is 0 Å². The van der Waals surface area contributed by atoms with Crippen LogP contribution in [0.5, 0.6) is 0 Å². The van der Waals surface area contributed by atoms with Gasteiger partial charge in [-0.05, 0) is 25.5 Å². The lowest BCUT2D eigenvalue weighted by atomic mass is 10.1. The van der Waals surface area contributed by atoms with Crippen molar-refractivity contribution < 1.29 is 8.42 Å². The molecule has 1 N–H and O–H groups in total. The maximum absolute atomic E-state index is 12.8. The number of hydrogen-bond acceptors (Lipinski definition) is 6. The van der Waals surface area contributed by atoms with Crippen LogP contribution in [0.15, 0.2) is 32.6 Å². The van der Waals surface area contributed by atoms with E-state index < -0.39 is 10.0 Å². The summed E-state index contributed by atoms with van der Waals surface area (Å²) in [6.07, 6.45) is 2.76. The van der Waals surface area contributed by atoms with Crippen molar-refractivity contribution >= 4 is 45.0 Å². The number of aromatic nitrogens is 2. The Morgan fingerprint density at radius 2 is 2.25 bits per heavy atom. The molecule has 2 aromatic rings. The standard InChI is InChI=1S/C14H18N6O2S2/c1-3-10-8-16-20(9-10)14(15-4-2)19-24(21,22)12-7-5-6-11-13(12)18-23-17-11/h5-8,10H,3-4,9H2,1-2H3,(H,15,19). The van der Waals surface area contributed by atoms with Crippen LogP contribution in [0.4, 0.5) is 0 Å². The summed E-state index contributed by atoms with van der Waals surface area (Å²) >= 11 is 0.978. The van der Waals surface area contributed by atoms with Gasteiger partial charge in [-0.3, -0.25) is 0 Å². The van der Waals surface area contributed by atoms with E-state index in [1.165, 1.54) is 6.07 Å². The number of guanidine groups is 1. The fourth-order valence-corrected chi connectivity index (χ4v) is 4.09. The largest absolute Gasteiger partial charge is 0.354 e. The normalized spacial score (nSPS) is 18.5. The molecule has 0 saturated heterocycles. The van der Waals surface area contributed by atoms with Crippen molar-refractivity contribution in [3.63, 3.8) is 0 Å². The summed E-state index contributed by atoms with van der Waals surface area (Å²) in [5, 5.41) is 8.84. The van der Waals surface area contributed by atoms with E-state index in [0.29, 0.717) is 30.0 Å². The molecule has 0 fully saturated rings. The van der Waals surface area contributed by atoms with Crippen LogP contribution in [0.25, 0.3) is 11.0 Å². The fraction of sp³-hybridized carbons (Fsp3) is 0.429. The number of sulfonamides is 1. The molecule has 1 aliphatic heterocycles. The summed E-state index contributed by atoms with van der Waals surface area (Å²) in [5.74, 6) is 0.521. The molecule has 1 aliphatic rings. The van der Waals surface area contributed by atoms with Gasteiger partial charge in [0.1, 0.15) is 15.9 Å². The van der Waals surface area contributed by atoms with Crippen molar-refractivity contribution in [3.05, 3.63) is 18.2 Å². The van der Waals surface area contributed by atoms with E-state index in [1.807, 2.05) is 13.1 Å². The fourth-order valence-electron chi connectivity index (χ4n) is 2.35. The second-order valence-electron chi connectivity index (χ2n) is 5.32. The second-order valence-corrected chi connectivity index (χ2v) is 7.42. The number of fused-ring (bicyclic) bond motifs is 1. The predicted molar refractivity (Wildman–Crippen MR) is 94.7 cm³/mol. The third kappa shape index (κ3) is 3.24. The van der Waals surface area contributed by atoms with E-state index in [-0.39, 0.29) is 10.9 Å². The molecule has 1 atom stereocenters. The SMILES string of the molecule is CCNC(=NS(=O)(=O)c1cccc2nsnc12)N1CC(CC)C=N1. The maximum Gasteiger partial charge on any atom is 0.287 e. The van der Waals surface area contributed by atoms with Gasteiger partial charge in [0.2, 0.25) is 5.96 Å². The highest BCUT2D eigenvalue weighted by atomic mass is 32.2. The van der Waals surface area contributed by atoms with Crippen molar-refractivity contribution in [1.82, 2.24) is 19.1 Å². The van der Waals surface area contributed by atoms with Gasteiger partial charge < -0.3 is 5.32 Å². The Morgan fingerprint density at radius 1 is 1.42 bits per heavy atom.